The third-order valence-corrected chi connectivity index (χ3v) is 16.1. The van der Waals surface area contributed by atoms with Gasteiger partial charge in [0, 0.05) is 67.2 Å². The van der Waals surface area contributed by atoms with Crippen molar-refractivity contribution in [3.8, 4) is 34.5 Å². The van der Waals surface area contributed by atoms with Crippen LogP contribution in [0.1, 0.15) is 107 Å². The smallest absolute Gasteiger partial charge is 0.416 e. The van der Waals surface area contributed by atoms with Gasteiger partial charge in [0.25, 0.3) is 18.1 Å². The van der Waals surface area contributed by atoms with E-state index >= 15 is 0 Å². The van der Waals surface area contributed by atoms with Gasteiger partial charge in [0.1, 0.15) is 32.9 Å². The van der Waals surface area contributed by atoms with Crippen LogP contribution in [0.15, 0.2) is 144 Å². The van der Waals surface area contributed by atoms with Crippen molar-refractivity contribution in [2.24, 2.45) is 0 Å². The Kier molecular flexibility index (Phi) is 16.8. The molecule has 1 saturated heterocycles. The zero-order valence-corrected chi connectivity index (χ0v) is 46.3. The Hall–Kier alpha value is -7.97. The molecule has 0 radical (unpaired) electrons. The summed E-state index contributed by atoms with van der Waals surface area (Å²) in [6.07, 6.45) is -1.71. The highest BCUT2D eigenvalue weighted by Gasteiger charge is 2.32. The highest BCUT2D eigenvalue weighted by Crippen LogP contribution is 2.42. The van der Waals surface area contributed by atoms with E-state index in [4.69, 9.17) is 38.4 Å². The average molecular weight is 1140 g/mol. The van der Waals surface area contributed by atoms with Gasteiger partial charge in [-0.1, -0.05) is 91.0 Å². The minimum Gasteiger partial charge on any atom is -0.497 e. The summed E-state index contributed by atoms with van der Waals surface area (Å²) in [5.41, 5.74) is 5.99. The molecule has 2 unspecified atom stereocenters. The van der Waals surface area contributed by atoms with Gasteiger partial charge in [-0.2, -0.15) is 13.2 Å². The molecule has 2 aromatic heterocycles. The lowest BCUT2D eigenvalue weighted by Gasteiger charge is -2.25. The fourth-order valence-electron chi connectivity index (χ4n) is 10.3. The fourth-order valence-corrected chi connectivity index (χ4v) is 11.9. The van der Waals surface area contributed by atoms with Crippen molar-refractivity contribution in [1.29, 1.82) is 0 Å². The van der Waals surface area contributed by atoms with Gasteiger partial charge in [-0.05, 0) is 89.9 Å². The van der Waals surface area contributed by atoms with Crippen molar-refractivity contribution >= 4 is 34.5 Å². The summed E-state index contributed by atoms with van der Waals surface area (Å²) in [5.74, 6) is 3.47. The summed E-state index contributed by atoms with van der Waals surface area (Å²) in [4.78, 5) is 43.2. The molecular weight excluding hydrogens is 1080 g/mol. The molecule has 19 heteroatoms. The number of carbonyl (C=O) groups excluding carboxylic acids is 2. The van der Waals surface area contributed by atoms with E-state index in [-0.39, 0.29) is 25.2 Å². The lowest BCUT2D eigenvalue weighted by molar-refractivity contribution is -0.137. The van der Waals surface area contributed by atoms with Crippen LogP contribution in [-0.4, -0.2) is 70.6 Å². The zero-order valence-electron chi connectivity index (χ0n) is 44.7. The summed E-state index contributed by atoms with van der Waals surface area (Å²) in [7, 11) is 3.26. The molecule has 2 atom stereocenters. The summed E-state index contributed by atoms with van der Waals surface area (Å²) in [6.45, 7) is 3.96. The van der Waals surface area contributed by atoms with Gasteiger partial charge in [-0.25, -0.2) is 9.97 Å². The minimum atomic E-state index is -4.49. The van der Waals surface area contributed by atoms with E-state index < -0.39 is 24.1 Å². The number of aromatic nitrogens is 2. The van der Waals surface area contributed by atoms with Gasteiger partial charge in [0.2, 0.25) is 6.79 Å². The number of likely N-dealkylation sites (tertiary alicyclic amines) is 1. The molecule has 3 aliphatic heterocycles. The Balaban J connectivity index is 0.771. The number of piperidine rings is 1. The number of thiazole rings is 2. The molecular formula is C62H59F3N6O8S2. The summed E-state index contributed by atoms with van der Waals surface area (Å²) in [6, 6.07) is 40.0. The second kappa shape index (κ2) is 24.8. The third kappa shape index (κ3) is 13.6. The topological polar surface area (TPSA) is 137 Å². The monoisotopic (exact) mass is 1140 g/mol. The van der Waals surface area contributed by atoms with Gasteiger partial charge in [0.15, 0.2) is 23.0 Å². The van der Waals surface area contributed by atoms with E-state index in [1.165, 1.54) is 34.8 Å². The number of methoxy groups -OCH3 is 2. The lowest BCUT2D eigenvalue weighted by Crippen LogP contribution is -2.35. The minimum absolute atomic E-state index is 0.0969. The molecule has 11 rings (SSSR count). The number of nitrogens with zero attached hydrogens (tertiary/aromatic N) is 5. The first-order chi connectivity index (χ1) is 39.4. The second-order valence-corrected chi connectivity index (χ2v) is 22.1. The van der Waals surface area contributed by atoms with E-state index in [9.17, 15) is 22.8 Å². The van der Waals surface area contributed by atoms with Crippen molar-refractivity contribution in [2.75, 3.05) is 34.1 Å². The standard InChI is InChI=1S/C62H59F3N6O8S2/c1-74-48-21-20-46(54(30-48)75-2)34-70(33-42-14-22-52-55(28-42)77-39-76-52)36-57-66-50(37-80-57)59(72)68-49(27-40-10-5-3-6-11-40)44-16-18-45(19-17-44)61-78-53-23-15-43(29-56(53)79-61)32-69(31-41-12-9-13-47(26-41)62(63,64)65)35-58-67-51(38-81-58)60(73)71-24-7-4-8-25-71/h3,5-6,9-23,26,28-30,37-38,49,61H,4,7-8,24-25,27,31-36,39H2,1-2H3,(H,68,72). The van der Waals surface area contributed by atoms with Crippen LogP contribution in [0.5, 0.6) is 34.5 Å². The number of fused-ring (bicyclic) bond motifs is 2. The number of carbonyl (C=O) groups is 2. The van der Waals surface area contributed by atoms with Crippen LogP contribution in [0.25, 0.3) is 0 Å². The molecule has 14 nitrogen and oxygen atoms in total. The van der Waals surface area contributed by atoms with Gasteiger partial charge in [0.05, 0.1) is 38.9 Å². The van der Waals surface area contributed by atoms with Crippen LogP contribution in [0.2, 0.25) is 0 Å². The summed E-state index contributed by atoms with van der Waals surface area (Å²) >= 11 is 2.79. The molecule has 418 valence electrons. The van der Waals surface area contributed by atoms with Crippen molar-refractivity contribution in [1.82, 2.24) is 30.0 Å². The first-order valence-corrected chi connectivity index (χ1v) is 28.4. The summed E-state index contributed by atoms with van der Waals surface area (Å²) < 4.78 is 76.7. The zero-order chi connectivity index (χ0) is 55.9. The van der Waals surface area contributed by atoms with Gasteiger partial charge >= 0.3 is 6.18 Å². The van der Waals surface area contributed by atoms with Crippen LogP contribution in [0.4, 0.5) is 13.2 Å². The molecule has 8 aromatic rings. The largest absolute Gasteiger partial charge is 0.497 e. The molecule has 0 bridgehead atoms. The maximum atomic E-state index is 14.2. The third-order valence-electron chi connectivity index (χ3n) is 14.4. The van der Waals surface area contributed by atoms with Gasteiger partial charge in [-0.15, -0.1) is 22.7 Å². The van der Waals surface area contributed by atoms with Crippen LogP contribution in [0.3, 0.4) is 0 Å². The number of nitrogens with one attached hydrogen (secondary N) is 1. The first kappa shape index (κ1) is 55.0. The average Bonchev–Trinajstić information content (AvgIpc) is 4.36. The van der Waals surface area contributed by atoms with Crippen molar-refractivity contribution in [3.63, 3.8) is 0 Å². The van der Waals surface area contributed by atoms with E-state index in [0.29, 0.717) is 109 Å². The molecule has 5 heterocycles. The van der Waals surface area contributed by atoms with E-state index in [2.05, 4.69) is 10.2 Å². The van der Waals surface area contributed by atoms with Gasteiger partial charge < -0.3 is 38.6 Å². The normalized spacial score (nSPS) is 15.0. The van der Waals surface area contributed by atoms with Crippen LogP contribution in [-0.2, 0) is 51.9 Å². The van der Waals surface area contributed by atoms with Crippen molar-refractivity contribution < 1.29 is 51.2 Å². The van der Waals surface area contributed by atoms with Crippen LogP contribution in [0, 0.1) is 0 Å². The number of hydrogen-bond acceptors (Lipinski definition) is 14. The number of hydrogen-bond donors (Lipinski definition) is 1. The van der Waals surface area contributed by atoms with E-state index in [0.717, 1.165) is 63.7 Å². The molecule has 0 spiro atoms. The number of alkyl halides is 3. The molecule has 0 saturated carbocycles. The molecule has 81 heavy (non-hydrogen) atoms. The predicted octanol–water partition coefficient (Wildman–Crippen LogP) is 12.6. The van der Waals surface area contributed by atoms with E-state index in [1.807, 2.05) is 119 Å². The first-order valence-electron chi connectivity index (χ1n) is 26.7. The number of rotatable bonds is 21. The molecule has 1 N–H and O–H groups in total. The number of ether oxygens (including phenoxy) is 6. The Morgan fingerprint density at radius 2 is 1.30 bits per heavy atom. The maximum absolute atomic E-state index is 14.2. The van der Waals surface area contributed by atoms with Gasteiger partial charge in [-0.3, -0.25) is 19.4 Å². The van der Waals surface area contributed by atoms with Crippen molar-refractivity contribution in [3.05, 3.63) is 210 Å². The maximum Gasteiger partial charge on any atom is 0.416 e. The molecule has 2 amide bonds. The lowest BCUT2D eigenvalue weighted by atomic mass is 9.97. The van der Waals surface area contributed by atoms with Crippen molar-refractivity contribution in [2.45, 2.75) is 83.5 Å². The number of benzene rings is 6. The fraction of sp³-hybridized carbons (Fsp3) is 0.290. The highest BCUT2D eigenvalue weighted by atomic mass is 32.1. The number of halogens is 3. The highest BCUT2D eigenvalue weighted by molar-refractivity contribution is 7.10. The Labute approximate surface area is 475 Å². The molecule has 0 aliphatic carbocycles. The number of amides is 2. The predicted molar refractivity (Wildman–Crippen MR) is 301 cm³/mol. The van der Waals surface area contributed by atoms with E-state index in [1.54, 1.807) is 31.0 Å². The second-order valence-electron chi connectivity index (χ2n) is 20.2. The Morgan fingerprint density at radius 3 is 2.01 bits per heavy atom. The molecule has 3 aliphatic rings. The molecule has 6 aromatic carbocycles. The SMILES string of the molecule is COc1ccc(CN(Cc2ccc3c(c2)OCO3)Cc2nc(C(=O)NC(Cc3ccccc3)c3ccc(C4Oc5ccc(CN(Cc6cccc(C(F)(F)F)c6)Cc6nc(C(=O)N7CCCCC7)cs6)cc5O4)cc3)cs2)c(OC)c1. The Morgan fingerprint density at radius 1 is 0.654 bits per heavy atom. The van der Waals surface area contributed by atoms with Crippen LogP contribution >= 0.6 is 22.7 Å². The summed E-state index contributed by atoms with van der Waals surface area (Å²) in [5, 5.41) is 8.29. The quantitative estimate of drug-likeness (QED) is 0.0733. The molecule has 1 fully saturated rings. The Bertz CT molecular complexity index is 3480. The van der Waals surface area contributed by atoms with Crippen LogP contribution < -0.4 is 33.7 Å².